The van der Waals surface area contributed by atoms with Crippen molar-refractivity contribution in [2.45, 2.75) is 6.92 Å². The third-order valence-corrected chi connectivity index (χ3v) is 2.60. The van der Waals surface area contributed by atoms with Crippen LogP contribution in [0, 0.1) is 6.92 Å². The van der Waals surface area contributed by atoms with Crippen molar-refractivity contribution in [3.05, 3.63) is 29.3 Å². The summed E-state index contributed by atoms with van der Waals surface area (Å²) in [6, 6.07) is 5.40. The summed E-state index contributed by atoms with van der Waals surface area (Å²) in [5, 5.41) is 0. The molecule has 0 radical (unpaired) electrons. The van der Waals surface area contributed by atoms with E-state index in [9.17, 15) is 4.79 Å². The Morgan fingerprint density at radius 2 is 2.24 bits per heavy atom. The molecule has 1 aromatic rings. The largest absolute Gasteiger partial charge is 0.383 e. The zero-order valence-corrected chi connectivity index (χ0v) is 10.5. The predicted molar refractivity (Wildman–Crippen MR) is 67.8 cm³/mol. The first-order valence-electron chi connectivity index (χ1n) is 5.41. The molecule has 0 aliphatic rings. The number of amides is 1. The van der Waals surface area contributed by atoms with Gasteiger partial charge in [-0.1, -0.05) is 0 Å². The quantitative estimate of drug-likeness (QED) is 0.592. The van der Waals surface area contributed by atoms with Crippen molar-refractivity contribution >= 4 is 11.6 Å². The molecule has 0 saturated heterocycles. The van der Waals surface area contributed by atoms with Crippen LogP contribution >= 0.6 is 0 Å². The number of anilines is 1. The van der Waals surface area contributed by atoms with Gasteiger partial charge in [-0.05, 0) is 30.7 Å². The van der Waals surface area contributed by atoms with E-state index in [0.717, 1.165) is 11.3 Å². The second-order valence-corrected chi connectivity index (χ2v) is 3.89. The van der Waals surface area contributed by atoms with Gasteiger partial charge in [0.25, 0.3) is 5.91 Å². The van der Waals surface area contributed by atoms with E-state index >= 15 is 0 Å². The van der Waals surface area contributed by atoms with E-state index in [1.807, 2.05) is 13.0 Å². The zero-order valence-electron chi connectivity index (χ0n) is 10.5. The SMILES string of the molecule is COCCN(C)C(=O)c1ccc(NN)cc1C. The van der Waals surface area contributed by atoms with Crippen LogP contribution in [-0.2, 0) is 4.74 Å². The second kappa shape index (κ2) is 6.22. The van der Waals surface area contributed by atoms with Gasteiger partial charge in [0.05, 0.1) is 6.61 Å². The highest BCUT2D eigenvalue weighted by molar-refractivity contribution is 5.95. The smallest absolute Gasteiger partial charge is 0.253 e. The summed E-state index contributed by atoms with van der Waals surface area (Å²) in [6.07, 6.45) is 0. The molecule has 0 aromatic heterocycles. The number of nitrogens with zero attached hydrogens (tertiary/aromatic N) is 1. The molecule has 1 amide bonds. The number of ether oxygens (including phenoxy) is 1. The number of methoxy groups -OCH3 is 1. The zero-order chi connectivity index (χ0) is 12.8. The van der Waals surface area contributed by atoms with Crippen LogP contribution in [0.25, 0.3) is 0 Å². The number of nitrogens with two attached hydrogens (primary N) is 1. The van der Waals surface area contributed by atoms with Gasteiger partial charge in [0.1, 0.15) is 0 Å². The number of nitrogens with one attached hydrogen (secondary N) is 1. The second-order valence-electron chi connectivity index (χ2n) is 3.89. The Morgan fingerprint density at radius 1 is 1.53 bits per heavy atom. The number of hydrogen-bond donors (Lipinski definition) is 2. The molecule has 0 atom stereocenters. The number of aryl methyl sites for hydroxylation is 1. The van der Waals surface area contributed by atoms with Crippen LogP contribution in [0.2, 0.25) is 0 Å². The van der Waals surface area contributed by atoms with Crippen LogP contribution < -0.4 is 11.3 Å². The fourth-order valence-corrected chi connectivity index (χ4v) is 1.53. The van der Waals surface area contributed by atoms with Crippen molar-refractivity contribution in [1.82, 2.24) is 4.90 Å². The minimum Gasteiger partial charge on any atom is -0.383 e. The number of benzene rings is 1. The molecule has 0 heterocycles. The summed E-state index contributed by atoms with van der Waals surface area (Å²) in [4.78, 5) is 13.7. The Labute approximate surface area is 102 Å². The summed E-state index contributed by atoms with van der Waals surface area (Å²) in [6.45, 7) is 2.99. The van der Waals surface area contributed by atoms with Crippen molar-refractivity contribution < 1.29 is 9.53 Å². The molecule has 5 nitrogen and oxygen atoms in total. The number of carbonyl (C=O) groups excluding carboxylic acids is 1. The van der Waals surface area contributed by atoms with E-state index in [-0.39, 0.29) is 5.91 Å². The number of likely N-dealkylation sites (N-methyl/N-ethyl adjacent to an activating group) is 1. The van der Waals surface area contributed by atoms with Gasteiger partial charge in [0, 0.05) is 32.0 Å². The molecule has 0 bridgehead atoms. The molecule has 1 aromatic carbocycles. The molecule has 3 N–H and O–H groups in total. The fourth-order valence-electron chi connectivity index (χ4n) is 1.53. The van der Waals surface area contributed by atoms with Gasteiger partial charge in [-0.25, -0.2) is 0 Å². The maximum absolute atomic E-state index is 12.1. The van der Waals surface area contributed by atoms with E-state index < -0.39 is 0 Å². The normalized spacial score (nSPS) is 10.1. The molecule has 17 heavy (non-hydrogen) atoms. The van der Waals surface area contributed by atoms with Crippen molar-refractivity contribution in [2.75, 3.05) is 32.7 Å². The van der Waals surface area contributed by atoms with Crippen LogP contribution in [-0.4, -0.2) is 38.1 Å². The van der Waals surface area contributed by atoms with E-state index in [2.05, 4.69) is 5.43 Å². The maximum atomic E-state index is 12.1. The van der Waals surface area contributed by atoms with E-state index in [1.165, 1.54) is 0 Å². The molecule has 0 spiro atoms. The third kappa shape index (κ3) is 3.44. The number of rotatable bonds is 5. The highest BCUT2D eigenvalue weighted by Gasteiger charge is 2.13. The molecule has 0 saturated carbocycles. The monoisotopic (exact) mass is 237 g/mol. The molecule has 5 heteroatoms. The van der Waals surface area contributed by atoms with E-state index in [1.54, 1.807) is 31.2 Å². The highest BCUT2D eigenvalue weighted by atomic mass is 16.5. The minimum absolute atomic E-state index is 0.0110. The highest BCUT2D eigenvalue weighted by Crippen LogP contribution is 2.15. The third-order valence-electron chi connectivity index (χ3n) is 2.60. The van der Waals surface area contributed by atoms with Crippen LogP contribution in [0.5, 0.6) is 0 Å². The Bertz CT molecular complexity index is 393. The summed E-state index contributed by atoms with van der Waals surface area (Å²) in [5.41, 5.74) is 4.92. The van der Waals surface area contributed by atoms with Gasteiger partial charge >= 0.3 is 0 Å². The lowest BCUT2D eigenvalue weighted by molar-refractivity contribution is 0.0743. The lowest BCUT2D eigenvalue weighted by atomic mass is 10.1. The van der Waals surface area contributed by atoms with Gasteiger partial charge < -0.3 is 15.1 Å². The number of hydrazine groups is 1. The standard InChI is InChI=1S/C12H19N3O2/c1-9-8-10(14-13)4-5-11(9)12(16)15(2)6-7-17-3/h4-5,8,14H,6-7,13H2,1-3H3. The van der Waals surface area contributed by atoms with Crippen LogP contribution in [0.3, 0.4) is 0 Å². The van der Waals surface area contributed by atoms with Crippen molar-refractivity contribution in [3.8, 4) is 0 Å². The lowest BCUT2D eigenvalue weighted by Gasteiger charge is -2.18. The summed E-state index contributed by atoms with van der Waals surface area (Å²) in [7, 11) is 3.38. The number of hydrogen-bond acceptors (Lipinski definition) is 4. The van der Waals surface area contributed by atoms with E-state index in [0.29, 0.717) is 18.7 Å². The molecule has 94 valence electrons. The Kier molecular flexibility index (Phi) is 4.93. The topological polar surface area (TPSA) is 67.6 Å². The van der Waals surface area contributed by atoms with Crippen molar-refractivity contribution in [2.24, 2.45) is 5.84 Å². The van der Waals surface area contributed by atoms with Crippen LogP contribution in [0.1, 0.15) is 15.9 Å². The molecule has 0 fully saturated rings. The number of carbonyl (C=O) groups is 1. The Morgan fingerprint density at radius 3 is 2.76 bits per heavy atom. The first-order valence-corrected chi connectivity index (χ1v) is 5.41. The van der Waals surface area contributed by atoms with Crippen LogP contribution in [0.4, 0.5) is 5.69 Å². The first-order chi connectivity index (χ1) is 8.10. The molecular weight excluding hydrogens is 218 g/mol. The molecule has 0 aliphatic heterocycles. The summed E-state index contributed by atoms with van der Waals surface area (Å²) in [5.74, 6) is 5.30. The fraction of sp³-hybridized carbons (Fsp3) is 0.417. The molecule has 0 unspecified atom stereocenters. The predicted octanol–water partition coefficient (Wildman–Crippen LogP) is 0.999. The maximum Gasteiger partial charge on any atom is 0.253 e. The molecule has 1 rings (SSSR count). The van der Waals surface area contributed by atoms with E-state index in [4.69, 9.17) is 10.6 Å². The van der Waals surface area contributed by atoms with Crippen LogP contribution in [0.15, 0.2) is 18.2 Å². The van der Waals surface area contributed by atoms with Gasteiger partial charge in [-0.3, -0.25) is 10.6 Å². The lowest BCUT2D eigenvalue weighted by Crippen LogP contribution is -2.30. The summed E-state index contributed by atoms with van der Waals surface area (Å²) < 4.78 is 4.94. The minimum atomic E-state index is -0.0110. The van der Waals surface area contributed by atoms with Gasteiger partial charge in [0.2, 0.25) is 0 Å². The van der Waals surface area contributed by atoms with Gasteiger partial charge in [-0.2, -0.15) is 0 Å². The number of nitrogen functional groups attached to an aromatic ring is 1. The van der Waals surface area contributed by atoms with Gasteiger partial charge in [0.15, 0.2) is 0 Å². The van der Waals surface area contributed by atoms with Gasteiger partial charge in [-0.15, -0.1) is 0 Å². The Hall–Kier alpha value is -1.59. The van der Waals surface area contributed by atoms with Crippen molar-refractivity contribution in [3.63, 3.8) is 0 Å². The Balaban J connectivity index is 2.81. The summed E-state index contributed by atoms with van der Waals surface area (Å²) >= 11 is 0. The molecular formula is C12H19N3O2. The first kappa shape index (κ1) is 13.5. The average molecular weight is 237 g/mol. The van der Waals surface area contributed by atoms with Crippen molar-refractivity contribution in [1.29, 1.82) is 0 Å². The molecule has 0 aliphatic carbocycles. The average Bonchev–Trinajstić information content (AvgIpc) is 2.34.